The van der Waals surface area contributed by atoms with E-state index in [9.17, 15) is 4.79 Å². The van der Waals surface area contributed by atoms with Crippen molar-refractivity contribution in [3.63, 3.8) is 0 Å². The van der Waals surface area contributed by atoms with Crippen LogP contribution in [0.4, 0.5) is 0 Å². The predicted molar refractivity (Wildman–Crippen MR) is 94.7 cm³/mol. The van der Waals surface area contributed by atoms with Gasteiger partial charge in [0, 0.05) is 18.5 Å². The average molecular weight is 367 g/mol. The van der Waals surface area contributed by atoms with Gasteiger partial charge in [0.1, 0.15) is 6.26 Å². The molecule has 0 unspecified atom stereocenters. The molecule has 1 amide bonds. The second-order valence-electron chi connectivity index (χ2n) is 7.90. The van der Waals surface area contributed by atoms with E-state index in [1.54, 1.807) is 0 Å². The number of fused-ring (bicyclic) bond motifs is 3. The topological polar surface area (TPSA) is 68.0 Å². The molecule has 27 heavy (non-hydrogen) atoms. The average Bonchev–Trinajstić information content (AvgIpc) is 3.47. The fourth-order valence-corrected chi connectivity index (χ4v) is 5.56. The molecule has 0 aliphatic carbocycles. The molecule has 4 saturated heterocycles. The molecule has 3 atom stereocenters. The SMILES string of the molecule is O=C(c1cocn1)N1C[C@H](c2ccc3c(c2)OCO3)[C@H]2[C@@H]1C1CCN2CC1. The van der Waals surface area contributed by atoms with Crippen LogP contribution >= 0.6 is 0 Å². The summed E-state index contributed by atoms with van der Waals surface area (Å²) in [5.74, 6) is 2.42. The molecule has 1 aromatic heterocycles. The Balaban J connectivity index is 1.39. The monoisotopic (exact) mass is 367 g/mol. The highest BCUT2D eigenvalue weighted by Crippen LogP contribution is 2.48. The maximum Gasteiger partial charge on any atom is 0.276 e. The van der Waals surface area contributed by atoms with Crippen molar-refractivity contribution in [3.05, 3.63) is 42.1 Å². The zero-order valence-electron chi connectivity index (χ0n) is 14.9. The molecule has 0 radical (unpaired) electrons. The minimum atomic E-state index is -0.0178. The molecule has 7 rings (SSSR count). The number of oxazole rings is 1. The lowest BCUT2D eigenvalue weighted by Crippen LogP contribution is -2.60. The van der Waals surface area contributed by atoms with Crippen LogP contribution < -0.4 is 9.47 Å². The van der Waals surface area contributed by atoms with Gasteiger partial charge in [-0.3, -0.25) is 9.69 Å². The molecule has 0 saturated carbocycles. The highest BCUT2D eigenvalue weighted by Gasteiger charge is 2.55. The Kier molecular flexibility index (Phi) is 3.29. The van der Waals surface area contributed by atoms with E-state index in [2.05, 4.69) is 22.0 Å². The van der Waals surface area contributed by atoms with Crippen molar-refractivity contribution in [2.24, 2.45) is 5.92 Å². The van der Waals surface area contributed by atoms with Gasteiger partial charge in [-0.25, -0.2) is 4.98 Å². The van der Waals surface area contributed by atoms with E-state index in [1.807, 2.05) is 11.0 Å². The van der Waals surface area contributed by atoms with Crippen LogP contribution in [0.3, 0.4) is 0 Å². The van der Waals surface area contributed by atoms with Gasteiger partial charge in [-0.15, -0.1) is 0 Å². The lowest BCUT2D eigenvalue weighted by molar-refractivity contribution is -0.00359. The number of amides is 1. The first kappa shape index (κ1) is 15.5. The number of aromatic nitrogens is 1. The van der Waals surface area contributed by atoms with Crippen molar-refractivity contribution in [2.75, 3.05) is 26.4 Å². The lowest BCUT2D eigenvalue weighted by atomic mass is 9.75. The van der Waals surface area contributed by atoms with E-state index in [1.165, 1.54) is 18.2 Å². The second kappa shape index (κ2) is 5.73. The Labute approximate surface area is 156 Å². The van der Waals surface area contributed by atoms with Gasteiger partial charge in [0.15, 0.2) is 23.6 Å². The summed E-state index contributed by atoms with van der Waals surface area (Å²) in [4.78, 5) is 21.9. The summed E-state index contributed by atoms with van der Waals surface area (Å²) in [6.07, 6.45) is 5.11. The standard InChI is InChI=1S/C20H21N3O4/c24-20(15-9-25-10-21-15)23-8-14(13-1-2-16-17(7-13)27-11-26-16)19-18(23)12-3-5-22(19)6-4-12/h1-2,7,9-10,12,14,18-19H,3-6,8,11H2/t14-,18+,19+/m1/s1. The number of likely N-dealkylation sites (tertiary alicyclic amines) is 1. The van der Waals surface area contributed by atoms with Crippen molar-refractivity contribution in [3.8, 4) is 11.5 Å². The van der Waals surface area contributed by atoms with Crippen LogP contribution in [-0.4, -0.2) is 59.2 Å². The first-order valence-corrected chi connectivity index (χ1v) is 9.62. The molecule has 5 aliphatic heterocycles. The maximum absolute atomic E-state index is 13.1. The summed E-state index contributed by atoms with van der Waals surface area (Å²) in [6.45, 7) is 3.23. The zero-order chi connectivity index (χ0) is 18.0. The number of carbonyl (C=O) groups excluding carboxylic acids is 1. The van der Waals surface area contributed by atoms with Gasteiger partial charge in [0.2, 0.25) is 6.79 Å². The van der Waals surface area contributed by atoms with E-state index >= 15 is 0 Å². The number of hydrogen-bond acceptors (Lipinski definition) is 6. The minimum absolute atomic E-state index is 0.0178. The van der Waals surface area contributed by atoms with Crippen LogP contribution in [0.2, 0.25) is 0 Å². The molecule has 7 heteroatoms. The van der Waals surface area contributed by atoms with Crippen molar-refractivity contribution in [2.45, 2.75) is 30.8 Å². The second-order valence-corrected chi connectivity index (χ2v) is 7.90. The third-order valence-electron chi connectivity index (χ3n) is 6.73. The third kappa shape index (κ3) is 2.24. The maximum atomic E-state index is 13.1. The summed E-state index contributed by atoms with van der Waals surface area (Å²) in [6, 6.07) is 6.81. The Bertz CT molecular complexity index is 875. The summed E-state index contributed by atoms with van der Waals surface area (Å²) in [5, 5.41) is 0. The number of carbonyl (C=O) groups is 1. The molecule has 2 bridgehead atoms. The molecule has 0 spiro atoms. The molecule has 4 fully saturated rings. The Hall–Kier alpha value is -2.54. The summed E-state index contributed by atoms with van der Waals surface area (Å²) >= 11 is 0. The predicted octanol–water partition coefficient (Wildman–Crippen LogP) is 2.11. The summed E-state index contributed by atoms with van der Waals surface area (Å²) in [7, 11) is 0. The first-order valence-electron chi connectivity index (χ1n) is 9.62. The summed E-state index contributed by atoms with van der Waals surface area (Å²) in [5.41, 5.74) is 1.62. The largest absolute Gasteiger partial charge is 0.454 e. The van der Waals surface area contributed by atoms with Gasteiger partial charge in [0.05, 0.1) is 6.04 Å². The van der Waals surface area contributed by atoms with Crippen LogP contribution in [0, 0.1) is 5.92 Å². The number of benzene rings is 1. The van der Waals surface area contributed by atoms with Crippen LogP contribution in [0.25, 0.3) is 0 Å². The number of hydrogen-bond donors (Lipinski definition) is 0. The molecular formula is C20H21N3O4. The van der Waals surface area contributed by atoms with Crippen molar-refractivity contribution in [1.82, 2.24) is 14.8 Å². The molecule has 6 heterocycles. The van der Waals surface area contributed by atoms with Gasteiger partial charge in [0.25, 0.3) is 5.91 Å². The van der Waals surface area contributed by atoms with Gasteiger partial charge in [-0.2, -0.15) is 0 Å². The van der Waals surface area contributed by atoms with E-state index in [4.69, 9.17) is 13.9 Å². The molecule has 2 aromatic rings. The van der Waals surface area contributed by atoms with Gasteiger partial charge in [-0.1, -0.05) is 6.07 Å². The zero-order valence-corrected chi connectivity index (χ0v) is 14.9. The van der Waals surface area contributed by atoms with E-state index < -0.39 is 0 Å². The van der Waals surface area contributed by atoms with Gasteiger partial charge < -0.3 is 18.8 Å². The van der Waals surface area contributed by atoms with Crippen LogP contribution in [0.5, 0.6) is 11.5 Å². The van der Waals surface area contributed by atoms with Crippen LogP contribution in [0.1, 0.15) is 34.8 Å². The lowest BCUT2D eigenvalue weighted by Gasteiger charge is -2.51. The quantitative estimate of drug-likeness (QED) is 0.810. The van der Waals surface area contributed by atoms with Crippen molar-refractivity contribution < 1.29 is 18.7 Å². The van der Waals surface area contributed by atoms with Crippen LogP contribution in [-0.2, 0) is 0 Å². The van der Waals surface area contributed by atoms with Crippen LogP contribution in [0.15, 0.2) is 35.3 Å². The Morgan fingerprint density at radius 1 is 1.11 bits per heavy atom. The Morgan fingerprint density at radius 3 is 2.78 bits per heavy atom. The summed E-state index contributed by atoms with van der Waals surface area (Å²) < 4.78 is 16.1. The smallest absolute Gasteiger partial charge is 0.276 e. The molecular weight excluding hydrogens is 346 g/mol. The third-order valence-corrected chi connectivity index (χ3v) is 6.73. The number of piperidine rings is 3. The minimum Gasteiger partial charge on any atom is -0.454 e. The Morgan fingerprint density at radius 2 is 1.96 bits per heavy atom. The fourth-order valence-electron chi connectivity index (χ4n) is 5.56. The molecule has 140 valence electrons. The molecule has 1 aromatic carbocycles. The number of rotatable bonds is 2. The first-order chi connectivity index (χ1) is 13.3. The van der Waals surface area contributed by atoms with Gasteiger partial charge >= 0.3 is 0 Å². The van der Waals surface area contributed by atoms with E-state index in [0.717, 1.165) is 37.4 Å². The van der Waals surface area contributed by atoms with Crippen molar-refractivity contribution in [1.29, 1.82) is 0 Å². The normalized spacial score (nSPS) is 33.3. The number of nitrogens with zero attached hydrogens (tertiary/aromatic N) is 3. The molecule has 7 nitrogen and oxygen atoms in total. The van der Waals surface area contributed by atoms with E-state index in [-0.39, 0.29) is 24.7 Å². The highest BCUT2D eigenvalue weighted by atomic mass is 16.7. The van der Waals surface area contributed by atoms with E-state index in [0.29, 0.717) is 24.2 Å². The fraction of sp³-hybridized carbons (Fsp3) is 0.500. The highest BCUT2D eigenvalue weighted by molar-refractivity contribution is 5.92. The van der Waals surface area contributed by atoms with Gasteiger partial charge in [-0.05, 0) is 49.5 Å². The molecule has 5 aliphatic rings. The molecule has 0 N–H and O–H groups in total. The van der Waals surface area contributed by atoms with Crippen molar-refractivity contribution >= 4 is 5.91 Å². The number of ether oxygens (including phenoxy) is 2.